The molecule has 0 aromatic carbocycles. The van der Waals surface area contributed by atoms with Crippen molar-refractivity contribution in [3.63, 3.8) is 0 Å². The Labute approximate surface area is 216 Å². The number of hydrogen-bond donors (Lipinski definition) is 0. The van der Waals surface area contributed by atoms with E-state index in [0.29, 0.717) is 17.4 Å². The number of esters is 1. The number of carbonyl (C=O) groups is 1. The maximum atomic E-state index is 12.2. The van der Waals surface area contributed by atoms with Gasteiger partial charge in [0.25, 0.3) is 7.82 Å². The fourth-order valence-electron chi connectivity index (χ4n) is 3.94. The molecule has 7 nitrogen and oxygen atoms in total. The molecule has 0 amide bonds. The number of hydrogen-bond acceptors (Lipinski definition) is 6. The maximum Gasteiger partial charge on any atom is 0.302 e. The zero-order valence-electron chi connectivity index (χ0n) is 23.6. The lowest BCUT2D eigenvalue weighted by Gasteiger charge is -2.30. The average Bonchev–Trinajstić information content (AvgIpc) is 2.75. The highest BCUT2D eigenvalue weighted by molar-refractivity contribution is 7.45. The van der Waals surface area contributed by atoms with Crippen LogP contribution in [0.2, 0.25) is 0 Å². The molecule has 0 aliphatic carbocycles. The van der Waals surface area contributed by atoms with Crippen LogP contribution in [-0.4, -0.2) is 57.5 Å². The number of nitrogens with zero attached hydrogens (tertiary/aromatic N) is 1. The summed E-state index contributed by atoms with van der Waals surface area (Å²) < 4.78 is 28.0. The van der Waals surface area contributed by atoms with Crippen molar-refractivity contribution in [1.29, 1.82) is 0 Å². The molecule has 2 atom stereocenters. The first-order valence-corrected chi connectivity index (χ1v) is 15.6. The molecule has 0 N–H and O–H groups in total. The van der Waals surface area contributed by atoms with Gasteiger partial charge < -0.3 is 23.2 Å². The average molecular weight is 522 g/mol. The highest BCUT2D eigenvalue weighted by atomic mass is 31.2. The predicted octanol–water partition coefficient (Wildman–Crippen LogP) is 6.78. The van der Waals surface area contributed by atoms with Crippen molar-refractivity contribution >= 4 is 13.8 Å². The summed E-state index contributed by atoms with van der Waals surface area (Å²) in [6.45, 7) is 4.10. The van der Waals surface area contributed by atoms with Gasteiger partial charge in [-0.3, -0.25) is 9.36 Å². The lowest BCUT2D eigenvalue weighted by Crippen LogP contribution is -2.37. The van der Waals surface area contributed by atoms with Crippen LogP contribution in [0.3, 0.4) is 0 Å². The molecule has 210 valence electrons. The van der Waals surface area contributed by atoms with Crippen LogP contribution in [-0.2, 0) is 23.1 Å². The standard InChI is InChI=1S/C27H56NO6P/c1-6-7-8-9-10-11-12-13-14-15-16-17-18-19-20-21-22-27(25-32-26(2)29)34-35(30,31)33-24-23-28(3,4)5/h27H,6-25H2,1-5H3. The predicted molar refractivity (Wildman–Crippen MR) is 142 cm³/mol. The van der Waals surface area contributed by atoms with Gasteiger partial charge in [-0.05, 0) is 6.42 Å². The van der Waals surface area contributed by atoms with E-state index in [9.17, 15) is 14.3 Å². The number of carbonyl (C=O) groups excluding carboxylic acids is 1. The Morgan fingerprint density at radius 1 is 0.800 bits per heavy atom. The van der Waals surface area contributed by atoms with E-state index in [-0.39, 0.29) is 13.2 Å². The molecular formula is C27H56NO6P. The third-order valence-electron chi connectivity index (χ3n) is 6.14. The van der Waals surface area contributed by atoms with Gasteiger partial charge in [-0.2, -0.15) is 0 Å². The summed E-state index contributed by atoms with van der Waals surface area (Å²) in [6, 6.07) is 0. The maximum absolute atomic E-state index is 12.2. The van der Waals surface area contributed by atoms with Gasteiger partial charge in [0.1, 0.15) is 25.9 Å². The van der Waals surface area contributed by atoms with Gasteiger partial charge in [0, 0.05) is 6.92 Å². The lowest BCUT2D eigenvalue weighted by atomic mass is 10.0. The Bertz CT molecular complexity index is 552. The summed E-state index contributed by atoms with van der Waals surface area (Å²) in [5.41, 5.74) is 0. The summed E-state index contributed by atoms with van der Waals surface area (Å²) in [6.07, 6.45) is 20.4. The molecule has 8 heteroatoms. The number of likely N-dealkylation sites (N-methyl/N-ethyl adjacent to an activating group) is 1. The van der Waals surface area contributed by atoms with Crippen LogP contribution in [0.15, 0.2) is 0 Å². The molecule has 2 unspecified atom stereocenters. The fraction of sp³-hybridized carbons (Fsp3) is 0.963. The first-order chi connectivity index (χ1) is 16.6. The number of unbranched alkanes of at least 4 members (excludes halogenated alkanes) is 15. The summed E-state index contributed by atoms with van der Waals surface area (Å²) in [5, 5.41) is 0. The highest BCUT2D eigenvalue weighted by Crippen LogP contribution is 2.40. The van der Waals surface area contributed by atoms with Crippen molar-refractivity contribution in [3.05, 3.63) is 0 Å². The Morgan fingerprint density at radius 3 is 1.63 bits per heavy atom. The summed E-state index contributed by atoms with van der Waals surface area (Å²) in [4.78, 5) is 23.3. The quantitative estimate of drug-likeness (QED) is 0.0570. The minimum Gasteiger partial charge on any atom is -0.756 e. The van der Waals surface area contributed by atoms with Crippen LogP contribution in [0.1, 0.15) is 123 Å². The first kappa shape index (κ1) is 34.5. The molecule has 0 aliphatic rings. The molecule has 0 radical (unpaired) electrons. The normalized spacial score (nSPS) is 14.6. The number of quaternary nitrogens is 1. The SMILES string of the molecule is CCCCCCCCCCCCCCCCCCC(COC(C)=O)OP(=O)([O-])OCC[N+](C)(C)C. The van der Waals surface area contributed by atoms with Crippen LogP contribution in [0.5, 0.6) is 0 Å². The molecular weight excluding hydrogens is 465 g/mol. The summed E-state index contributed by atoms with van der Waals surface area (Å²) in [5.74, 6) is -0.447. The highest BCUT2D eigenvalue weighted by Gasteiger charge is 2.20. The van der Waals surface area contributed by atoms with Crippen molar-refractivity contribution in [2.45, 2.75) is 129 Å². The molecule has 0 fully saturated rings. The monoisotopic (exact) mass is 521 g/mol. The molecule has 0 rings (SSSR count). The van der Waals surface area contributed by atoms with E-state index < -0.39 is 19.9 Å². The summed E-state index contributed by atoms with van der Waals surface area (Å²) >= 11 is 0. The Hall–Kier alpha value is -0.460. The number of ether oxygens (including phenoxy) is 1. The zero-order chi connectivity index (χ0) is 26.4. The largest absolute Gasteiger partial charge is 0.756 e. The second-order valence-electron chi connectivity index (χ2n) is 10.9. The number of rotatable bonds is 25. The van der Waals surface area contributed by atoms with Gasteiger partial charge in [-0.25, -0.2) is 0 Å². The lowest BCUT2D eigenvalue weighted by molar-refractivity contribution is -0.870. The van der Waals surface area contributed by atoms with E-state index >= 15 is 0 Å². The van der Waals surface area contributed by atoms with Crippen molar-refractivity contribution in [1.82, 2.24) is 0 Å². The van der Waals surface area contributed by atoms with Crippen LogP contribution in [0.25, 0.3) is 0 Å². The third-order valence-corrected chi connectivity index (χ3v) is 7.20. The van der Waals surface area contributed by atoms with E-state index in [1.807, 2.05) is 21.1 Å². The molecule has 0 heterocycles. The van der Waals surface area contributed by atoms with Crippen LogP contribution < -0.4 is 4.89 Å². The molecule has 0 saturated heterocycles. The smallest absolute Gasteiger partial charge is 0.302 e. The fourth-order valence-corrected chi connectivity index (χ4v) is 4.83. The Balaban J connectivity index is 3.87. The van der Waals surface area contributed by atoms with Gasteiger partial charge in [-0.15, -0.1) is 0 Å². The van der Waals surface area contributed by atoms with E-state index in [1.54, 1.807) is 0 Å². The van der Waals surface area contributed by atoms with Crippen molar-refractivity contribution in [3.8, 4) is 0 Å². The second kappa shape index (κ2) is 21.6. The van der Waals surface area contributed by atoms with Gasteiger partial charge in [0.15, 0.2) is 0 Å². The van der Waals surface area contributed by atoms with E-state index in [1.165, 1.54) is 90.4 Å². The van der Waals surface area contributed by atoms with Gasteiger partial charge in [0.05, 0.1) is 21.1 Å². The number of phosphoric ester groups is 1. The third kappa shape index (κ3) is 26.4. The molecule has 35 heavy (non-hydrogen) atoms. The van der Waals surface area contributed by atoms with Crippen molar-refractivity contribution in [2.75, 3.05) is 40.9 Å². The first-order valence-electron chi connectivity index (χ1n) is 14.1. The van der Waals surface area contributed by atoms with Crippen molar-refractivity contribution in [2.24, 2.45) is 0 Å². The molecule has 0 saturated carbocycles. The molecule has 0 bridgehead atoms. The number of phosphoric acid groups is 1. The molecule has 0 spiro atoms. The van der Waals surface area contributed by atoms with Gasteiger partial charge in [-0.1, -0.05) is 110 Å². The molecule has 0 aromatic heterocycles. The van der Waals surface area contributed by atoms with Crippen LogP contribution >= 0.6 is 7.82 Å². The van der Waals surface area contributed by atoms with E-state index in [0.717, 1.165) is 19.3 Å². The van der Waals surface area contributed by atoms with Crippen molar-refractivity contribution < 1.29 is 32.5 Å². The van der Waals surface area contributed by atoms with Crippen LogP contribution in [0, 0.1) is 0 Å². The Morgan fingerprint density at radius 2 is 1.23 bits per heavy atom. The van der Waals surface area contributed by atoms with E-state index in [2.05, 4.69) is 6.92 Å². The van der Waals surface area contributed by atoms with E-state index in [4.69, 9.17) is 13.8 Å². The van der Waals surface area contributed by atoms with Crippen LogP contribution in [0.4, 0.5) is 0 Å². The summed E-state index contributed by atoms with van der Waals surface area (Å²) in [7, 11) is 1.44. The van der Waals surface area contributed by atoms with Gasteiger partial charge in [0.2, 0.25) is 0 Å². The second-order valence-corrected chi connectivity index (χ2v) is 12.3. The Kier molecular flexibility index (Phi) is 21.3. The minimum atomic E-state index is -4.44. The molecule has 0 aromatic rings. The molecule has 0 aliphatic heterocycles. The van der Waals surface area contributed by atoms with Gasteiger partial charge >= 0.3 is 5.97 Å². The zero-order valence-corrected chi connectivity index (χ0v) is 24.5. The minimum absolute atomic E-state index is 0.0591. The topological polar surface area (TPSA) is 84.9 Å².